The van der Waals surface area contributed by atoms with Crippen molar-refractivity contribution >= 4 is 22.4 Å². The molecule has 1 aliphatic carbocycles. The summed E-state index contributed by atoms with van der Waals surface area (Å²) < 4.78 is 0. The van der Waals surface area contributed by atoms with Crippen molar-refractivity contribution in [2.75, 3.05) is 11.9 Å². The van der Waals surface area contributed by atoms with Crippen LogP contribution in [0, 0.1) is 0 Å². The van der Waals surface area contributed by atoms with Crippen molar-refractivity contribution in [1.29, 1.82) is 0 Å². The minimum absolute atomic E-state index is 0.262. The van der Waals surface area contributed by atoms with Crippen molar-refractivity contribution in [3.63, 3.8) is 0 Å². The van der Waals surface area contributed by atoms with Gasteiger partial charge in [0.25, 0.3) is 0 Å². The van der Waals surface area contributed by atoms with Crippen LogP contribution in [0.4, 0.5) is 9.80 Å². The van der Waals surface area contributed by atoms with E-state index in [0.29, 0.717) is 12.8 Å². The largest absolute Gasteiger partial charge is 0.388 e. The van der Waals surface area contributed by atoms with Gasteiger partial charge in [-0.15, -0.1) is 11.3 Å². The first-order chi connectivity index (χ1) is 10.1. The molecule has 110 valence electrons. The number of amides is 2. The van der Waals surface area contributed by atoms with E-state index < -0.39 is 5.60 Å². The van der Waals surface area contributed by atoms with E-state index >= 15 is 0 Å². The number of nitrogens with one attached hydrogen (secondary N) is 2. The molecule has 5 heteroatoms. The predicted molar refractivity (Wildman–Crippen MR) is 84.8 cm³/mol. The van der Waals surface area contributed by atoms with E-state index in [1.807, 2.05) is 35.7 Å². The molecule has 0 radical (unpaired) electrons. The van der Waals surface area contributed by atoms with E-state index in [0.717, 1.165) is 11.4 Å². The first-order valence-electron chi connectivity index (χ1n) is 7.02. The fraction of sp³-hybridized carbons (Fsp3) is 0.312. The molecular formula is C16H18N2O2S. The van der Waals surface area contributed by atoms with Crippen molar-refractivity contribution in [2.45, 2.75) is 24.9 Å². The third-order valence-corrected chi connectivity index (χ3v) is 4.62. The van der Waals surface area contributed by atoms with Gasteiger partial charge in [0.2, 0.25) is 0 Å². The Labute approximate surface area is 127 Å². The number of benzene rings is 1. The number of fused-ring (bicyclic) bond motifs is 1. The monoisotopic (exact) mass is 302 g/mol. The molecule has 0 spiro atoms. The maximum absolute atomic E-state index is 11.8. The number of hydrogen-bond acceptors (Lipinski definition) is 3. The Morgan fingerprint density at radius 2 is 2.05 bits per heavy atom. The van der Waals surface area contributed by atoms with Crippen molar-refractivity contribution < 1.29 is 9.90 Å². The molecule has 1 aromatic heterocycles. The number of carbonyl (C=O) groups excluding carboxylic acids is 1. The predicted octanol–water partition coefficient (Wildman–Crippen LogP) is 2.79. The van der Waals surface area contributed by atoms with Crippen LogP contribution < -0.4 is 10.6 Å². The third-order valence-electron chi connectivity index (χ3n) is 3.83. The van der Waals surface area contributed by atoms with Gasteiger partial charge >= 0.3 is 6.03 Å². The van der Waals surface area contributed by atoms with Crippen LogP contribution in [0.1, 0.15) is 17.5 Å². The highest BCUT2D eigenvalue weighted by Crippen LogP contribution is 2.28. The second kappa shape index (κ2) is 5.87. The molecule has 0 fully saturated rings. The van der Waals surface area contributed by atoms with Crippen LogP contribution in [0.2, 0.25) is 0 Å². The van der Waals surface area contributed by atoms with E-state index in [2.05, 4.69) is 16.7 Å². The molecule has 4 nitrogen and oxygen atoms in total. The Morgan fingerprint density at radius 1 is 1.24 bits per heavy atom. The SMILES string of the molecule is O=C(NC[C@@]1(O)CCc2ccccc2C1)Nc1cccs1. The first kappa shape index (κ1) is 14.1. The lowest BCUT2D eigenvalue weighted by molar-refractivity contribution is 0.0295. The molecule has 3 rings (SSSR count). The van der Waals surface area contributed by atoms with Gasteiger partial charge < -0.3 is 10.4 Å². The van der Waals surface area contributed by atoms with Crippen molar-refractivity contribution in [1.82, 2.24) is 5.32 Å². The topological polar surface area (TPSA) is 61.4 Å². The quantitative estimate of drug-likeness (QED) is 0.816. The zero-order chi connectivity index (χ0) is 14.7. The van der Waals surface area contributed by atoms with Gasteiger partial charge in [0.1, 0.15) is 0 Å². The highest BCUT2D eigenvalue weighted by Gasteiger charge is 2.32. The smallest absolute Gasteiger partial charge is 0.319 e. The van der Waals surface area contributed by atoms with Gasteiger partial charge in [0.05, 0.1) is 10.6 Å². The molecule has 1 heterocycles. The van der Waals surface area contributed by atoms with E-state index in [1.165, 1.54) is 22.5 Å². The van der Waals surface area contributed by atoms with E-state index in [-0.39, 0.29) is 12.6 Å². The fourth-order valence-electron chi connectivity index (χ4n) is 2.69. The number of thiophene rings is 1. The van der Waals surface area contributed by atoms with Crippen molar-refractivity contribution in [2.24, 2.45) is 0 Å². The van der Waals surface area contributed by atoms with Gasteiger partial charge in [-0.05, 0) is 41.5 Å². The maximum Gasteiger partial charge on any atom is 0.319 e. The van der Waals surface area contributed by atoms with Crippen LogP contribution in [0.25, 0.3) is 0 Å². The van der Waals surface area contributed by atoms with E-state index in [9.17, 15) is 9.90 Å². The van der Waals surface area contributed by atoms with Crippen LogP contribution >= 0.6 is 11.3 Å². The summed E-state index contributed by atoms with van der Waals surface area (Å²) in [4.78, 5) is 11.8. The number of rotatable bonds is 3. The minimum atomic E-state index is -0.860. The Kier molecular flexibility index (Phi) is 3.94. The molecule has 0 saturated heterocycles. The van der Waals surface area contributed by atoms with Gasteiger partial charge in [-0.3, -0.25) is 5.32 Å². The molecule has 2 aromatic rings. The molecule has 0 bridgehead atoms. The molecular weight excluding hydrogens is 284 g/mol. The summed E-state index contributed by atoms with van der Waals surface area (Å²) in [5, 5.41) is 18.9. The summed E-state index contributed by atoms with van der Waals surface area (Å²) in [6.07, 6.45) is 2.10. The number of aryl methyl sites for hydroxylation is 1. The molecule has 0 unspecified atom stereocenters. The maximum atomic E-state index is 11.8. The average molecular weight is 302 g/mol. The highest BCUT2D eigenvalue weighted by atomic mass is 32.1. The normalized spacial score (nSPS) is 20.6. The van der Waals surface area contributed by atoms with Crippen molar-refractivity contribution in [3.05, 3.63) is 52.9 Å². The van der Waals surface area contributed by atoms with E-state index in [4.69, 9.17) is 0 Å². The summed E-state index contributed by atoms with van der Waals surface area (Å²) >= 11 is 1.47. The fourth-order valence-corrected chi connectivity index (χ4v) is 3.30. The average Bonchev–Trinajstić information content (AvgIpc) is 2.98. The molecule has 3 N–H and O–H groups in total. The number of urea groups is 1. The van der Waals surface area contributed by atoms with Crippen molar-refractivity contribution in [3.8, 4) is 0 Å². The van der Waals surface area contributed by atoms with Crippen LogP contribution in [0.5, 0.6) is 0 Å². The molecule has 0 aliphatic heterocycles. The van der Waals surface area contributed by atoms with Gasteiger partial charge in [-0.2, -0.15) is 0 Å². The first-order valence-corrected chi connectivity index (χ1v) is 7.90. The number of hydrogen-bond donors (Lipinski definition) is 3. The number of carbonyl (C=O) groups is 1. The lowest BCUT2D eigenvalue weighted by Gasteiger charge is -2.33. The third kappa shape index (κ3) is 3.43. The summed E-state index contributed by atoms with van der Waals surface area (Å²) in [6, 6.07) is 11.6. The van der Waals surface area contributed by atoms with Gasteiger partial charge in [0, 0.05) is 13.0 Å². The standard InChI is InChI=1S/C16H18N2O2S/c19-15(18-14-6-3-9-21-14)17-11-16(20)8-7-12-4-1-2-5-13(12)10-16/h1-6,9,20H,7-8,10-11H2,(H2,17,18,19)/t16-/m1/s1. The molecule has 1 atom stereocenters. The number of aliphatic hydroxyl groups is 1. The molecule has 1 aliphatic rings. The van der Waals surface area contributed by atoms with Gasteiger partial charge in [-0.1, -0.05) is 24.3 Å². The summed E-state index contributed by atoms with van der Waals surface area (Å²) in [5.74, 6) is 0. The molecule has 2 amide bonds. The summed E-state index contributed by atoms with van der Waals surface area (Å²) in [6.45, 7) is 0.262. The molecule has 0 saturated carbocycles. The Bertz CT molecular complexity index is 627. The Hall–Kier alpha value is -1.85. The zero-order valence-corrected chi connectivity index (χ0v) is 12.5. The zero-order valence-electron chi connectivity index (χ0n) is 11.6. The van der Waals surface area contributed by atoms with Crippen LogP contribution in [0.15, 0.2) is 41.8 Å². The van der Waals surface area contributed by atoms with Crippen LogP contribution in [0.3, 0.4) is 0 Å². The summed E-state index contributed by atoms with van der Waals surface area (Å²) in [7, 11) is 0. The second-order valence-corrected chi connectivity index (χ2v) is 6.40. The summed E-state index contributed by atoms with van der Waals surface area (Å²) in [5.41, 5.74) is 1.61. The Morgan fingerprint density at radius 3 is 2.81 bits per heavy atom. The van der Waals surface area contributed by atoms with Crippen LogP contribution in [-0.2, 0) is 12.8 Å². The van der Waals surface area contributed by atoms with Gasteiger partial charge in [-0.25, -0.2) is 4.79 Å². The molecule has 21 heavy (non-hydrogen) atoms. The highest BCUT2D eigenvalue weighted by molar-refractivity contribution is 7.14. The molecule has 1 aromatic carbocycles. The number of anilines is 1. The van der Waals surface area contributed by atoms with Crippen LogP contribution in [-0.4, -0.2) is 23.3 Å². The lowest BCUT2D eigenvalue weighted by Crippen LogP contribution is -2.47. The lowest BCUT2D eigenvalue weighted by atomic mass is 9.80. The van der Waals surface area contributed by atoms with E-state index in [1.54, 1.807) is 0 Å². The minimum Gasteiger partial charge on any atom is -0.388 e. The Balaban J connectivity index is 1.57. The second-order valence-electron chi connectivity index (χ2n) is 5.45. The van der Waals surface area contributed by atoms with Gasteiger partial charge in [0.15, 0.2) is 0 Å².